The zero-order valence-electron chi connectivity index (χ0n) is 9.64. The van der Waals surface area contributed by atoms with E-state index in [4.69, 9.17) is 0 Å². The standard InChI is InChI=1S/C11H16BrNO2S/c1-9(8-13(2)3)16(14,15)11-6-4-10(12)5-7-11/h4-7,9H,8H2,1-3H3. The molecule has 0 aliphatic carbocycles. The van der Waals surface area contributed by atoms with Crippen molar-refractivity contribution in [3.05, 3.63) is 28.7 Å². The molecule has 0 heterocycles. The quantitative estimate of drug-likeness (QED) is 0.855. The van der Waals surface area contributed by atoms with Gasteiger partial charge in [-0.3, -0.25) is 0 Å². The molecule has 0 saturated carbocycles. The molecular formula is C11H16BrNO2S. The van der Waals surface area contributed by atoms with Crippen molar-refractivity contribution >= 4 is 25.8 Å². The lowest BCUT2D eigenvalue weighted by molar-refractivity contribution is 0.405. The molecule has 90 valence electrons. The zero-order chi connectivity index (χ0) is 12.3. The first kappa shape index (κ1) is 13.7. The Labute approximate surface area is 106 Å². The van der Waals surface area contributed by atoms with Crippen LogP contribution in [-0.4, -0.2) is 39.2 Å². The van der Waals surface area contributed by atoms with E-state index in [2.05, 4.69) is 15.9 Å². The highest BCUT2D eigenvalue weighted by Crippen LogP contribution is 2.19. The van der Waals surface area contributed by atoms with Crippen molar-refractivity contribution in [3.8, 4) is 0 Å². The lowest BCUT2D eigenvalue weighted by Crippen LogP contribution is -2.30. The van der Waals surface area contributed by atoms with Crippen molar-refractivity contribution in [2.24, 2.45) is 0 Å². The maximum Gasteiger partial charge on any atom is 0.182 e. The monoisotopic (exact) mass is 305 g/mol. The molecule has 0 N–H and O–H groups in total. The van der Waals surface area contributed by atoms with Crippen LogP contribution in [0.1, 0.15) is 6.92 Å². The Hall–Kier alpha value is -0.390. The molecule has 0 aliphatic rings. The molecule has 1 aromatic carbocycles. The predicted octanol–water partition coefficient (Wildman–Crippen LogP) is 2.17. The molecule has 5 heteroatoms. The lowest BCUT2D eigenvalue weighted by atomic mass is 10.4. The molecule has 1 aromatic rings. The number of halogens is 1. The van der Waals surface area contributed by atoms with Crippen molar-refractivity contribution in [2.75, 3.05) is 20.6 Å². The zero-order valence-corrected chi connectivity index (χ0v) is 12.0. The van der Waals surface area contributed by atoms with Crippen molar-refractivity contribution in [1.82, 2.24) is 4.90 Å². The van der Waals surface area contributed by atoms with Gasteiger partial charge < -0.3 is 4.90 Å². The number of hydrogen-bond donors (Lipinski definition) is 0. The van der Waals surface area contributed by atoms with Gasteiger partial charge in [0.1, 0.15) is 0 Å². The van der Waals surface area contributed by atoms with Crippen molar-refractivity contribution in [2.45, 2.75) is 17.1 Å². The molecule has 0 fully saturated rings. The molecule has 0 radical (unpaired) electrons. The largest absolute Gasteiger partial charge is 0.308 e. The van der Waals surface area contributed by atoms with Crippen molar-refractivity contribution in [3.63, 3.8) is 0 Å². The minimum absolute atomic E-state index is 0.380. The number of sulfone groups is 1. The average molecular weight is 306 g/mol. The van der Waals surface area contributed by atoms with Gasteiger partial charge in [0.2, 0.25) is 0 Å². The van der Waals surface area contributed by atoms with E-state index in [9.17, 15) is 8.42 Å². The molecule has 0 aliphatic heterocycles. The normalized spacial score (nSPS) is 14.1. The van der Waals surface area contributed by atoms with Gasteiger partial charge in [0.25, 0.3) is 0 Å². The first-order chi connectivity index (χ1) is 7.34. The van der Waals surface area contributed by atoms with Gasteiger partial charge in [0.05, 0.1) is 10.1 Å². The summed E-state index contributed by atoms with van der Waals surface area (Å²) in [5, 5.41) is -0.399. The Bertz CT molecular complexity index is 440. The minimum atomic E-state index is -3.21. The van der Waals surface area contributed by atoms with E-state index in [1.807, 2.05) is 19.0 Å². The number of rotatable bonds is 4. The van der Waals surface area contributed by atoms with Crippen LogP contribution >= 0.6 is 15.9 Å². The molecule has 0 bridgehead atoms. The van der Waals surface area contributed by atoms with E-state index >= 15 is 0 Å². The Morgan fingerprint density at radius 1 is 1.25 bits per heavy atom. The van der Waals surface area contributed by atoms with Crippen LogP contribution in [0.15, 0.2) is 33.6 Å². The summed E-state index contributed by atoms with van der Waals surface area (Å²) >= 11 is 3.29. The van der Waals surface area contributed by atoms with Gasteiger partial charge in [-0.05, 0) is 45.3 Å². The van der Waals surface area contributed by atoms with Gasteiger partial charge in [-0.15, -0.1) is 0 Å². The van der Waals surface area contributed by atoms with E-state index in [1.54, 1.807) is 31.2 Å². The number of hydrogen-bond acceptors (Lipinski definition) is 3. The molecule has 3 nitrogen and oxygen atoms in total. The van der Waals surface area contributed by atoms with Crippen LogP contribution < -0.4 is 0 Å². The second kappa shape index (κ2) is 5.29. The molecule has 1 unspecified atom stereocenters. The van der Waals surface area contributed by atoms with Crippen LogP contribution in [0.4, 0.5) is 0 Å². The number of benzene rings is 1. The summed E-state index contributed by atoms with van der Waals surface area (Å²) in [5.74, 6) is 0. The van der Waals surface area contributed by atoms with Crippen molar-refractivity contribution in [1.29, 1.82) is 0 Å². The van der Waals surface area contributed by atoms with Crippen LogP contribution in [0.5, 0.6) is 0 Å². The van der Waals surface area contributed by atoms with Crippen LogP contribution in [0, 0.1) is 0 Å². The third kappa shape index (κ3) is 3.30. The Morgan fingerprint density at radius 3 is 2.19 bits per heavy atom. The van der Waals surface area contributed by atoms with E-state index in [0.717, 1.165) is 4.47 Å². The fraction of sp³-hybridized carbons (Fsp3) is 0.455. The van der Waals surface area contributed by atoms with Gasteiger partial charge in [-0.25, -0.2) is 8.42 Å². The summed E-state index contributed by atoms with van der Waals surface area (Å²) in [6, 6.07) is 6.75. The van der Waals surface area contributed by atoms with Crippen LogP contribution in [0.2, 0.25) is 0 Å². The van der Waals surface area contributed by atoms with Crippen LogP contribution in [0.3, 0.4) is 0 Å². The van der Waals surface area contributed by atoms with E-state index in [1.165, 1.54) is 0 Å². The van der Waals surface area contributed by atoms with Crippen molar-refractivity contribution < 1.29 is 8.42 Å². The third-order valence-corrected chi connectivity index (χ3v) is 4.96. The Morgan fingerprint density at radius 2 is 1.75 bits per heavy atom. The topological polar surface area (TPSA) is 37.4 Å². The second-order valence-electron chi connectivity index (χ2n) is 4.07. The molecule has 0 aromatic heterocycles. The first-order valence-corrected chi connectivity index (χ1v) is 7.32. The third-order valence-electron chi connectivity index (χ3n) is 2.29. The highest BCUT2D eigenvalue weighted by atomic mass is 79.9. The highest BCUT2D eigenvalue weighted by molar-refractivity contribution is 9.10. The van der Waals surface area contributed by atoms with Crippen LogP contribution in [0.25, 0.3) is 0 Å². The van der Waals surface area contributed by atoms with E-state index in [-0.39, 0.29) is 0 Å². The summed E-state index contributed by atoms with van der Waals surface area (Å²) in [4.78, 5) is 2.26. The van der Waals surface area contributed by atoms with E-state index in [0.29, 0.717) is 11.4 Å². The first-order valence-electron chi connectivity index (χ1n) is 4.98. The average Bonchev–Trinajstić information content (AvgIpc) is 2.17. The predicted molar refractivity (Wildman–Crippen MR) is 69.3 cm³/mol. The number of nitrogens with zero attached hydrogens (tertiary/aromatic N) is 1. The summed E-state index contributed by atoms with van der Waals surface area (Å²) in [7, 11) is 0.524. The highest BCUT2D eigenvalue weighted by Gasteiger charge is 2.23. The van der Waals surface area contributed by atoms with Gasteiger partial charge in [-0.2, -0.15) is 0 Å². The molecule has 1 rings (SSSR count). The molecular weight excluding hydrogens is 290 g/mol. The fourth-order valence-electron chi connectivity index (χ4n) is 1.47. The molecule has 16 heavy (non-hydrogen) atoms. The fourth-order valence-corrected chi connectivity index (χ4v) is 3.21. The summed E-state index contributed by atoms with van der Waals surface area (Å²) in [5.41, 5.74) is 0. The maximum atomic E-state index is 12.1. The van der Waals surface area contributed by atoms with Gasteiger partial charge >= 0.3 is 0 Å². The molecule has 1 atom stereocenters. The lowest BCUT2D eigenvalue weighted by Gasteiger charge is -2.17. The molecule has 0 saturated heterocycles. The second-order valence-corrected chi connectivity index (χ2v) is 7.35. The maximum absolute atomic E-state index is 12.1. The molecule has 0 amide bonds. The Balaban J connectivity index is 2.97. The summed E-state index contributed by atoms with van der Waals surface area (Å²) in [6.45, 7) is 2.26. The van der Waals surface area contributed by atoms with Gasteiger partial charge in [-0.1, -0.05) is 15.9 Å². The van der Waals surface area contributed by atoms with Gasteiger partial charge in [0, 0.05) is 11.0 Å². The summed E-state index contributed by atoms with van der Waals surface area (Å²) in [6.07, 6.45) is 0. The Kier molecular flexibility index (Phi) is 4.52. The smallest absolute Gasteiger partial charge is 0.182 e. The minimum Gasteiger partial charge on any atom is -0.308 e. The molecule has 0 spiro atoms. The van der Waals surface area contributed by atoms with Crippen LogP contribution in [-0.2, 0) is 9.84 Å². The summed E-state index contributed by atoms with van der Waals surface area (Å²) < 4.78 is 25.2. The SMILES string of the molecule is CC(CN(C)C)S(=O)(=O)c1ccc(Br)cc1. The van der Waals surface area contributed by atoms with Gasteiger partial charge in [0.15, 0.2) is 9.84 Å². The van der Waals surface area contributed by atoms with E-state index < -0.39 is 15.1 Å².